The second kappa shape index (κ2) is 6.75. The van der Waals surface area contributed by atoms with Crippen molar-refractivity contribution >= 4 is 5.97 Å². The second-order valence-corrected chi connectivity index (χ2v) is 3.62. The average molecular weight is 269 g/mol. The van der Waals surface area contributed by atoms with Crippen molar-refractivity contribution in [1.82, 2.24) is 4.98 Å². The Kier molecular flexibility index (Phi) is 5.33. The Labute approximate surface area is 109 Å². The highest BCUT2D eigenvalue weighted by atomic mass is 19.3. The summed E-state index contributed by atoms with van der Waals surface area (Å²) >= 11 is 0. The number of carbonyl (C=O) groups is 1. The van der Waals surface area contributed by atoms with E-state index in [0.717, 1.165) is 6.07 Å². The molecule has 0 aliphatic heterocycles. The van der Waals surface area contributed by atoms with Gasteiger partial charge in [0.2, 0.25) is 0 Å². The minimum atomic E-state index is -2.82. The number of pyridine rings is 1. The number of esters is 1. The van der Waals surface area contributed by atoms with Crippen molar-refractivity contribution in [3.8, 4) is 6.07 Å². The van der Waals surface area contributed by atoms with E-state index in [9.17, 15) is 13.6 Å². The van der Waals surface area contributed by atoms with Crippen molar-refractivity contribution in [3.63, 3.8) is 0 Å². The molecule has 0 saturated heterocycles. The minimum Gasteiger partial charge on any atom is -0.466 e. The fourth-order valence-corrected chi connectivity index (χ4v) is 1.54. The molecule has 19 heavy (non-hydrogen) atoms. The van der Waals surface area contributed by atoms with Crippen LogP contribution in [0.3, 0.4) is 0 Å². The molecule has 0 aliphatic carbocycles. The molecule has 7 heteroatoms. The van der Waals surface area contributed by atoms with Crippen molar-refractivity contribution in [3.05, 3.63) is 28.6 Å². The van der Waals surface area contributed by atoms with Crippen molar-refractivity contribution in [2.75, 3.05) is 6.61 Å². The van der Waals surface area contributed by atoms with E-state index in [0.29, 0.717) is 0 Å². The Hall–Kier alpha value is -2.07. The molecule has 102 valence electrons. The summed E-state index contributed by atoms with van der Waals surface area (Å²) in [7, 11) is 0. The lowest BCUT2D eigenvalue weighted by atomic mass is 10.1. The van der Waals surface area contributed by atoms with Crippen LogP contribution in [0.2, 0.25) is 0 Å². The quantitative estimate of drug-likeness (QED) is 0.817. The molecule has 1 aromatic heterocycles. The number of rotatable bonds is 5. The summed E-state index contributed by atoms with van der Waals surface area (Å²) in [5, 5.41) is 8.83. The lowest BCUT2D eigenvalue weighted by Gasteiger charge is -2.11. The molecule has 0 bridgehead atoms. The van der Waals surface area contributed by atoms with E-state index in [2.05, 4.69) is 4.98 Å². The van der Waals surface area contributed by atoms with Crippen LogP contribution < -0.4 is 5.73 Å². The molecular formula is C12H13F2N3O2. The first kappa shape index (κ1) is 15.0. The molecule has 1 aromatic rings. The highest BCUT2D eigenvalue weighted by molar-refractivity contribution is 5.72. The SMILES string of the molecule is CCOC(=O)Cc1nc(CN)c(C#N)cc1C(F)F. The van der Waals surface area contributed by atoms with Gasteiger partial charge in [0.15, 0.2) is 0 Å². The molecule has 0 fully saturated rings. The van der Waals surface area contributed by atoms with Gasteiger partial charge in [-0.2, -0.15) is 5.26 Å². The third-order valence-corrected chi connectivity index (χ3v) is 2.38. The van der Waals surface area contributed by atoms with Gasteiger partial charge >= 0.3 is 5.97 Å². The van der Waals surface area contributed by atoms with Gasteiger partial charge in [0.1, 0.15) is 6.07 Å². The zero-order valence-corrected chi connectivity index (χ0v) is 10.3. The number of carbonyl (C=O) groups excluding carboxylic acids is 1. The average Bonchev–Trinajstić information content (AvgIpc) is 2.38. The highest BCUT2D eigenvalue weighted by Gasteiger charge is 2.20. The predicted octanol–water partition coefficient (Wildman–Crippen LogP) is 1.46. The van der Waals surface area contributed by atoms with E-state index in [-0.39, 0.29) is 36.5 Å². The van der Waals surface area contributed by atoms with Crippen molar-refractivity contribution < 1.29 is 18.3 Å². The number of alkyl halides is 2. The summed E-state index contributed by atoms with van der Waals surface area (Å²) < 4.78 is 30.5. The molecule has 5 nitrogen and oxygen atoms in total. The maximum absolute atomic E-state index is 12.9. The first-order valence-electron chi connectivity index (χ1n) is 5.60. The van der Waals surface area contributed by atoms with Crippen molar-refractivity contribution in [1.29, 1.82) is 5.26 Å². The largest absolute Gasteiger partial charge is 0.466 e. The Morgan fingerprint density at radius 3 is 2.74 bits per heavy atom. The Morgan fingerprint density at radius 1 is 1.58 bits per heavy atom. The van der Waals surface area contributed by atoms with E-state index in [1.54, 1.807) is 13.0 Å². The maximum atomic E-state index is 12.9. The van der Waals surface area contributed by atoms with E-state index < -0.39 is 18.0 Å². The van der Waals surface area contributed by atoms with Gasteiger partial charge in [0, 0.05) is 12.1 Å². The highest BCUT2D eigenvalue weighted by Crippen LogP contribution is 2.24. The maximum Gasteiger partial charge on any atom is 0.311 e. The van der Waals surface area contributed by atoms with Gasteiger partial charge in [0.05, 0.1) is 30.0 Å². The van der Waals surface area contributed by atoms with Gasteiger partial charge in [-0.1, -0.05) is 0 Å². The van der Waals surface area contributed by atoms with Crippen LogP contribution in [-0.2, 0) is 22.5 Å². The molecule has 0 radical (unpaired) electrons. The number of nitrogens with two attached hydrogens (primary N) is 1. The van der Waals surface area contributed by atoms with Crippen LogP contribution in [-0.4, -0.2) is 17.6 Å². The summed E-state index contributed by atoms with van der Waals surface area (Å²) in [6, 6.07) is 2.78. The van der Waals surface area contributed by atoms with Crippen LogP contribution >= 0.6 is 0 Å². The zero-order chi connectivity index (χ0) is 14.4. The van der Waals surface area contributed by atoms with E-state index >= 15 is 0 Å². The van der Waals surface area contributed by atoms with Crippen LogP contribution in [0.15, 0.2) is 6.07 Å². The molecule has 0 unspecified atom stereocenters. The van der Waals surface area contributed by atoms with Crippen LogP contribution in [0.1, 0.15) is 35.9 Å². The number of hydrogen-bond acceptors (Lipinski definition) is 5. The number of halogens is 2. The second-order valence-electron chi connectivity index (χ2n) is 3.62. The fourth-order valence-electron chi connectivity index (χ4n) is 1.54. The third kappa shape index (κ3) is 3.69. The Bertz CT molecular complexity index is 512. The third-order valence-electron chi connectivity index (χ3n) is 2.38. The molecule has 1 rings (SSSR count). The first-order valence-corrected chi connectivity index (χ1v) is 5.60. The molecule has 0 saturated carbocycles. The fraction of sp³-hybridized carbons (Fsp3) is 0.417. The van der Waals surface area contributed by atoms with Gasteiger partial charge < -0.3 is 10.5 Å². The molecule has 0 spiro atoms. The summed E-state index contributed by atoms with van der Waals surface area (Å²) in [6.07, 6.45) is -3.19. The molecule has 0 amide bonds. The monoisotopic (exact) mass is 269 g/mol. The van der Waals surface area contributed by atoms with E-state index in [4.69, 9.17) is 15.7 Å². The number of nitriles is 1. The smallest absolute Gasteiger partial charge is 0.311 e. The van der Waals surface area contributed by atoms with Gasteiger partial charge in [-0.3, -0.25) is 9.78 Å². The first-order chi connectivity index (χ1) is 9.03. The molecule has 1 heterocycles. The molecular weight excluding hydrogens is 256 g/mol. The summed E-state index contributed by atoms with van der Waals surface area (Å²) in [6.45, 7) is 1.70. The molecule has 0 atom stereocenters. The molecule has 0 aliphatic rings. The van der Waals surface area contributed by atoms with Crippen LogP contribution in [0.4, 0.5) is 8.78 Å². The van der Waals surface area contributed by atoms with E-state index in [1.807, 2.05) is 0 Å². The minimum absolute atomic E-state index is 0.00888. The van der Waals surface area contributed by atoms with E-state index in [1.165, 1.54) is 0 Å². The van der Waals surface area contributed by atoms with Gasteiger partial charge in [-0.15, -0.1) is 0 Å². The topological polar surface area (TPSA) is 89.0 Å². The van der Waals surface area contributed by atoms with Crippen LogP contribution in [0.5, 0.6) is 0 Å². The number of ether oxygens (including phenoxy) is 1. The molecule has 0 aromatic carbocycles. The van der Waals surface area contributed by atoms with Gasteiger partial charge in [-0.25, -0.2) is 8.78 Å². The normalized spacial score (nSPS) is 10.3. The van der Waals surface area contributed by atoms with Gasteiger partial charge in [-0.05, 0) is 13.0 Å². The van der Waals surface area contributed by atoms with Crippen LogP contribution in [0.25, 0.3) is 0 Å². The van der Waals surface area contributed by atoms with Crippen molar-refractivity contribution in [2.45, 2.75) is 26.3 Å². The lowest BCUT2D eigenvalue weighted by Crippen LogP contribution is -2.14. The summed E-state index contributed by atoms with van der Waals surface area (Å²) in [4.78, 5) is 15.2. The number of hydrogen-bond donors (Lipinski definition) is 1. The summed E-state index contributed by atoms with van der Waals surface area (Å²) in [5.41, 5.74) is 5.02. The predicted molar refractivity (Wildman–Crippen MR) is 62.1 cm³/mol. The Morgan fingerprint density at radius 2 is 2.26 bits per heavy atom. The van der Waals surface area contributed by atoms with Crippen LogP contribution in [0, 0.1) is 11.3 Å². The Balaban J connectivity index is 3.20. The lowest BCUT2D eigenvalue weighted by molar-refractivity contribution is -0.142. The van der Waals surface area contributed by atoms with Crippen molar-refractivity contribution in [2.24, 2.45) is 5.73 Å². The summed E-state index contributed by atoms with van der Waals surface area (Å²) in [5.74, 6) is -0.649. The zero-order valence-electron chi connectivity index (χ0n) is 10.3. The van der Waals surface area contributed by atoms with Gasteiger partial charge in [0.25, 0.3) is 6.43 Å². The molecule has 2 N–H and O–H groups in total. The number of nitrogens with zero attached hydrogens (tertiary/aromatic N) is 2. The standard InChI is InChI=1S/C12H13F2N3O2/c1-2-19-11(18)4-9-8(12(13)14)3-7(5-15)10(6-16)17-9/h3,12H,2,4,6,16H2,1H3. The number of aromatic nitrogens is 1.